The Kier molecular flexibility index (Phi) is 6.56. The average Bonchev–Trinajstić information content (AvgIpc) is 2.53. The second-order valence-corrected chi connectivity index (χ2v) is 7.05. The Balaban J connectivity index is 2.01. The van der Waals surface area contributed by atoms with Gasteiger partial charge in [-0.3, -0.25) is 0 Å². The zero-order valence-corrected chi connectivity index (χ0v) is 15.1. The number of ether oxygens (including phenoxy) is 1. The normalized spacial score (nSPS) is 19.2. The molecule has 118 valence electrons. The molecule has 1 saturated carbocycles. The summed E-state index contributed by atoms with van der Waals surface area (Å²) in [6.45, 7) is 4.57. The average molecular weight is 354 g/mol. The third-order valence-corrected chi connectivity index (χ3v) is 5.42. The summed E-state index contributed by atoms with van der Waals surface area (Å²) >= 11 is 3.58. The number of nitrogens with one attached hydrogen (secondary N) is 1. The van der Waals surface area contributed by atoms with Gasteiger partial charge in [-0.2, -0.15) is 0 Å². The molecule has 1 aromatic carbocycles. The van der Waals surface area contributed by atoms with Crippen LogP contribution in [0.25, 0.3) is 0 Å². The lowest BCUT2D eigenvalue weighted by molar-refractivity contribution is 0.249. The number of rotatable bonds is 6. The van der Waals surface area contributed by atoms with Crippen molar-refractivity contribution in [3.8, 4) is 5.75 Å². The van der Waals surface area contributed by atoms with Crippen LogP contribution in [0.1, 0.15) is 64.0 Å². The van der Waals surface area contributed by atoms with Crippen LogP contribution in [0.2, 0.25) is 0 Å². The van der Waals surface area contributed by atoms with Crippen LogP contribution in [0.4, 0.5) is 0 Å². The van der Waals surface area contributed by atoms with Gasteiger partial charge >= 0.3 is 0 Å². The molecule has 0 aliphatic heterocycles. The maximum Gasteiger partial charge on any atom is 0.133 e. The Bertz CT molecular complexity index is 443. The number of benzene rings is 1. The molecule has 1 aliphatic rings. The van der Waals surface area contributed by atoms with E-state index in [0.29, 0.717) is 12.1 Å². The maximum absolute atomic E-state index is 5.31. The molecule has 2 atom stereocenters. The third-order valence-electron chi connectivity index (χ3n) is 4.80. The Morgan fingerprint density at radius 2 is 2.00 bits per heavy atom. The molecule has 0 spiro atoms. The summed E-state index contributed by atoms with van der Waals surface area (Å²) in [5.74, 6) is 1.75. The van der Waals surface area contributed by atoms with Gasteiger partial charge in [0.15, 0.2) is 0 Å². The molecule has 2 nitrogen and oxygen atoms in total. The van der Waals surface area contributed by atoms with Gasteiger partial charge in [-0.05, 0) is 65.7 Å². The van der Waals surface area contributed by atoms with Crippen molar-refractivity contribution in [3.63, 3.8) is 0 Å². The quantitative estimate of drug-likeness (QED) is 0.732. The van der Waals surface area contributed by atoms with E-state index in [-0.39, 0.29) is 0 Å². The highest BCUT2D eigenvalue weighted by Crippen LogP contribution is 2.31. The lowest BCUT2D eigenvalue weighted by Crippen LogP contribution is -2.38. The minimum absolute atomic E-state index is 0.374. The van der Waals surface area contributed by atoms with Crippen LogP contribution >= 0.6 is 15.9 Å². The second-order valence-electron chi connectivity index (χ2n) is 6.20. The van der Waals surface area contributed by atoms with Crippen LogP contribution in [0.15, 0.2) is 22.7 Å². The molecular formula is C18H28BrNO. The van der Waals surface area contributed by atoms with E-state index in [4.69, 9.17) is 4.74 Å². The number of halogens is 1. The number of methoxy groups -OCH3 is 1. The molecule has 0 amide bonds. The van der Waals surface area contributed by atoms with E-state index in [1.165, 1.54) is 44.1 Å². The summed E-state index contributed by atoms with van der Waals surface area (Å²) < 4.78 is 6.34. The van der Waals surface area contributed by atoms with E-state index in [1.54, 1.807) is 7.11 Å². The summed E-state index contributed by atoms with van der Waals surface area (Å²) in [4.78, 5) is 0. The van der Waals surface area contributed by atoms with Crippen molar-refractivity contribution in [2.75, 3.05) is 7.11 Å². The van der Waals surface area contributed by atoms with Gasteiger partial charge < -0.3 is 10.1 Å². The Labute approximate surface area is 137 Å². The predicted octanol–water partition coefficient (Wildman–Crippen LogP) is 5.47. The van der Waals surface area contributed by atoms with Crippen molar-refractivity contribution in [2.24, 2.45) is 5.92 Å². The SMILES string of the molecule is CCC(NC(C)c1ccc(OC)c(Br)c1)C1CCCCC1. The van der Waals surface area contributed by atoms with Gasteiger partial charge in [0.05, 0.1) is 11.6 Å². The second kappa shape index (κ2) is 8.19. The third kappa shape index (κ3) is 4.46. The van der Waals surface area contributed by atoms with Crippen LogP contribution in [0, 0.1) is 5.92 Å². The summed E-state index contributed by atoms with van der Waals surface area (Å²) in [6.07, 6.45) is 8.24. The predicted molar refractivity (Wildman–Crippen MR) is 92.9 cm³/mol. The monoisotopic (exact) mass is 353 g/mol. The van der Waals surface area contributed by atoms with Crippen LogP contribution in [0.5, 0.6) is 5.75 Å². The molecule has 3 heteroatoms. The Hall–Kier alpha value is -0.540. The van der Waals surface area contributed by atoms with Gasteiger partial charge in [-0.1, -0.05) is 32.3 Å². The highest BCUT2D eigenvalue weighted by molar-refractivity contribution is 9.10. The van der Waals surface area contributed by atoms with Gasteiger partial charge in [0.1, 0.15) is 5.75 Å². The molecule has 0 saturated heterocycles. The highest BCUT2D eigenvalue weighted by Gasteiger charge is 2.23. The molecule has 0 bridgehead atoms. The van der Waals surface area contributed by atoms with E-state index in [2.05, 4.69) is 47.2 Å². The number of hydrogen-bond donors (Lipinski definition) is 1. The van der Waals surface area contributed by atoms with Crippen molar-refractivity contribution in [1.29, 1.82) is 0 Å². The molecule has 21 heavy (non-hydrogen) atoms. The van der Waals surface area contributed by atoms with E-state index in [0.717, 1.165) is 16.1 Å². The van der Waals surface area contributed by atoms with Crippen LogP contribution in [0.3, 0.4) is 0 Å². The highest BCUT2D eigenvalue weighted by atomic mass is 79.9. The van der Waals surface area contributed by atoms with Crippen LogP contribution in [-0.4, -0.2) is 13.2 Å². The fourth-order valence-electron chi connectivity index (χ4n) is 3.49. The fourth-order valence-corrected chi connectivity index (χ4v) is 4.05. The van der Waals surface area contributed by atoms with Crippen molar-refractivity contribution in [3.05, 3.63) is 28.2 Å². The van der Waals surface area contributed by atoms with Crippen molar-refractivity contribution in [1.82, 2.24) is 5.32 Å². The van der Waals surface area contributed by atoms with Gasteiger partial charge in [0, 0.05) is 12.1 Å². The molecule has 0 aromatic heterocycles. The van der Waals surface area contributed by atoms with E-state index < -0.39 is 0 Å². The molecule has 1 aliphatic carbocycles. The van der Waals surface area contributed by atoms with Gasteiger partial charge in [0.25, 0.3) is 0 Å². The van der Waals surface area contributed by atoms with Crippen molar-refractivity contribution < 1.29 is 4.74 Å². The molecule has 2 unspecified atom stereocenters. The lowest BCUT2D eigenvalue weighted by atomic mass is 9.82. The summed E-state index contributed by atoms with van der Waals surface area (Å²) in [5, 5.41) is 3.86. The van der Waals surface area contributed by atoms with Gasteiger partial charge in [-0.15, -0.1) is 0 Å². The standard InChI is InChI=1S/C18H28BrNO/c1-4-17(14-8-6-5-7-9-14)20-13(2)15-10-11-18(21-3)16(19)12-15/h10-14,17,20H,4-9H2,1-3H3. The van der Waals surface area contributed by atoms with Crippen molar-refractivity contribution in [2.45, 2.75) is 64.5 Å². The topological polar surface area (TPSA) is 21.3 Å². The van der Waals surface area contributed by atoms with E-state index >= 15 is 0 Å². The molecule has 1 fully saturated rings. The minimum atomic E-state index is 0.374. The first kappa shape index (κ1) is 16.8. The lowest BCUT2D eigenvalue weighted by Gasteiger charge is -2.32. The first-order valence-corrected chi connectivity index (χ1v) is 9.04. The van der Waals surface area contributed by atoms with Crippen LogP contribution in [-0.2, 0) is 0 Å². The smallest absolute Gasteiger partial charge is 0.133 e. The number of hydrogen-bond acceptors (Lipinski definition) is 2. The maximum atomic E-state index is 5.31. The van der Waals surface area contributed by atoms with Gasteiger partial charge in [-0.25, -0.2) is 0 Å². The molecule has 2 rings (SSSR count). The fraction of sp³-hybridized carbons (Fsp3) is 0.667. The Morgan fingerprint density at radius 3 is 2.57 bits per heavy atom. The molecular weight excluding hydrogens is 326 g/mol. The minimum Gasteiger partial charge on any atom is -0.496 e. The van der Waals surface area contributed by atoms with Crippen LogP contribution < -0.4 is 10.1 Å². The summed E-state index contributed by atoms with van der Waals surface area (Å²) in [7, 11) is 1.71. The first-order chi connectivity index (χ1) is 10.2. The van der Waals surface area contributed by atoms with E-state index in [1.807, 2.05) is 6.07 Å². The largest absolute Gasteiger partial charge is 0.496 e. The summed E-state index contributed by atoms with van der Waals surface area (Å²) in [5.41, 5.74) is 1.32. The van der Waals surface area contributed by atoms with Gasteiger partial charge in [0.2, 0.25) is 0 Å². The molecule has 1 N–H and O–H groups in total. The molecule has 1 aromatic rings. The molecule has 0 radical (unpaired) electrons. The zero-order chi connectivity index (χ0) is 15.2. The zero-order valence-electron chi connectivity index (χ0n) is 13.5. The summed E-state index contributed by atoms with van der Waals surface area (Å²) in [6, 6.07) is 7.39. The molecule has 0 heterocycles. The first-order valence-electron chi connectivity index (χ1n) is 8.25. The van der Waals surface area contributed by atoms with E-state index in [9.17, 15) is 0 Å². The van der Waals surface area contributed by atoms with Crippen molar-refractivity contribution >= 4 is 15.9 Å². The Morgan fingerprint density at radius 1 is 1.29 bits per heavy atom.